The van der Waals surface area contributed by atoms with Gasteiger partial charge in [-0.2, -0.15) is 0 Å². The van der Waals surface area contributed by atoms with E-state index in [9.17, 15) is 19.8 Å². The summed E-state index contributed by atoms with van der Waals surface area (Å²) in [6, 6.07) is 21.5. The van der Waals surface area contributed by atoms with Crippen LogP contribution in [0.4, 0.5) is 0 Å². The van der Waals surface area contributed by atoms with Crippen LogP contribution in [-0.4, -0.2) is 33.3 Å². The summed E-state index contributed by atoms with van der Waals surface area (Å²) in [5.41, 5.74) is 1.97. The van der Waals surface area contributed by atoms with E-state index in [0.29, 0.717) is 22.6 Å². The predicted octanol–water partition coefficient (Wildman–Crippen LogP) is 4.71. The van der Waals surface area contributed by atoms with E-state index >= 15 is 0 Å². The summed E-state index contributed by atoms with van der Waals surface area (Å²) in [6.07, 6.45) is 0.505. The van der Waals surface area contributed by atoms with Gasteiger partial charge in [0.25, 0.3) is 11.7 Å². The van der Waals surface area contributed by atoms with Crippen LogP contribution in [0.1, 0.15) is 22.7 Å². The van der Waals surface area contributed by atoms with Gasteiger partial charge in [-0.15, -0.1) is 0 Å². The van der Waals surface area contributed by atoms with Gasteiger partial charge < -0.3 is 15.1 Å². The van der Waals surface area contributed by atoms with E-state index in [0.717, 1.165) is 5.56 Å². The highest BCUT2D eigenvalue weighted by atomic mass is 35.5. The second-order valence-corrected chi connectivity index (χ2v) is 7.77. The maximum atomic E-state index is 13.0. The third-order valence-electron chi connectivity index (χ3n) is 5.33. The number of halogens is 1. The number of ketones is 1. The number of aliphatic hydroxyl groups excluding tert-OH is 1. The summed E-state index contributed by atoms with van der Waals surface area (Å²) in [5.74, 6) is -1.65. The van der Waals surface area contributed by atoms with Crippen molar-refractivity contribution >= 4 is 29.1 Å². The fourth-order valence-corrected chi connectivity index (χ4v) is 3.93. The first-order valence-electron chi connectivity index (χ1n) is 9.83. The standard InChI is InChI=1S/C25H20ClNO4/c26-19-11-9-16(10-12-19)13-14-27-22(18-7-4-8-20(28)15-18)21(24(30)25(27)31)23(29)17-5-2-1-3-6-17/h1-12,15,22,28-29H,13-14H2/b23-21-. The van der Waals surface area contributed by atoms with Gasteiger partial charge in [0.1, 0.15) is 11.5 Å². The summed E-state index contributed by atoms with van der Waals surface area (Å²) in [7, 11) is 0. The zero-order chi connectivity index (χ0) is 22.0. The van der Waals surface area contributed by atoms with Crippen LogP contribution in [-0.2, 0) is 16.0 Å². The predicted molar refractivity (Wildman–Crippen MR) is 119 cm³/mol. The second-order valence-electron chi connectivity index (χ2n) is 7.33. The van der Waals surface area contributed by atoms with Gasteiger partial charge in [0.15, 0.2) is 0 Å². The number of hydrogen-bond donors (Lipinski definition) is 2. The molecular formula is C25H20ClNO4. The second kappa shape index (κ2) is 8.66. The molecule has 6 heteroatoms. The van der Waals surface area contributed by atoms with Crippen LogP contribution in [0.3, 0.4) is 0 Å². The molecule has 0 aliphatic carbocycles. The fourth-order valence-electron chi connectivity index (χ4n) is 3.80. The Kier molecular flexibility index (Phi) is 5.78. The van der Waals surface area contributed by atoms with E-state index < -0.39 is 17.7 Å². The average Bonchev–Trinajstić information content (AvgIpc) is 3.03. The first-order valence-corrected chi connectivity index (χ1v) is 10.2. The van der Waals surface area contributed by atoms with E-state index in [1.165, 1.54) is 17.0 Å². The lowest BCUT2D eigenvalue weighted by molar-refractivity contribution is -0.139. The van der Waals surface area contributed by atoms with Gasteiger partial charge in [-0.25, -0.2) is 0 Å². The summed E-state index contributed by atoms with van der Waals surface area (Å²) >= 11 is 5.94. The summed E-state index contributed by atoms with van der Waals surface area (Å²) in [4.78, 5) is 27.4. The number of hydrogen-bond acceptors (Lipinski definition) is 4. The van der Waals surface area contributed by atoms with Crippen LogP contribution in [0.2, 0.25) is 5.02 Å². The van der Waals surface area contributed by atoms with Gasteiger partial charge in [-0.05, 0) is 41.8 Å². The van der Waals surface area contributed by atoms with Crippen LogP contribution in [0.15, 0.2) is 84.4 Å². The maximum absolute atomic E-state index is 13.0. The van der Waals surface area contributed by atoms with Crippen LogP contribution < -0.4 is 0 Å². The molecule has 1 amide bonds. The van der Waals surface area contributed by atoms with Gasteiger partial charge >= 0.3 is 0 Å². The third-order valence-corrected chi connectivity index (χ3v) is 5.58. The number of phenolic OH excluding ortho intramolecular Hbond substituents is 1. The Morgan fingerprint density at radius 1 is 0.935 bits per heavy atom. The minimum Gasteiger partial charge on any atom is -0.508 e. The summed E-state index contributed by atoms with van der Waals surface area (Å²) in [6.45, 7) is 0.262. The van der Waals surface area contributed by atoms with Crippen molar-refractivity contribution in [3.8, 4) is 5.75 Å². The molecule has 4 rings (SSSR count). The summed E-state index contributed by atoms with van der Waals surface area (Å²) in [5, 5.41) is 21.6. The molecule has 156 valence electrons. The zero-order valence-electron chi connectivity index (χ0n) is 16.5. The molecule has 0 spiro atoms. The molecule has 1 aliphatic heterocycles. The molecule has 1 atom stereocenters. The van der Waals surface area contributed by atoms with Crippen LogP contribution in [0.5, 0.6) is 5.75 Å². The Balaban J connectivity index is 1.77. The van der Waals surface area contributed by atoms with Crippen molar-refractivity contribution in [1.82, 2.24) is 4.90 Å². The lowest BCUT2D eigenvalue weighted by Gasteiger charge is -2.25. The molecule has 2 N–H and O–H groups in total. The molecule has 1 unspecified atom stereocenters. The number of nitrogens with zero attached hydrogens (tertiary/aromatic N) is 1. The monoisotopic (exact) mass is 433 g/mol. The largest absolute Gasteiger partial charge is 0.508 e. The van der Waals surface area contributed by atoms with E-state index in [1.54, 1.807) is 54.6 Å². The SMILES string of the molecule is O=C1C(=O)N(CCc2ccc(Cl)cc2)C(c2cccc(O)c2)/C1=C(/O)c1ccccc1. The number of rotatable bonds is 5. The van der Waals surface area contributed by atoms with Crippen LogP contribution >= 0.6 is 11.6 Å². The van der Waals surface area contributed by atoms with Crippen molar-refractivity contribution < 1.29 is 19.8 Å². The first-order chi connectivity index (χ1) is 15.0. The van der Waals surface area contributed by atoms with Gasteiger partial charge in [0.2, 0.25) is 0 Å². The molecule has 1 aliphatic rings. The Hall–Kier alpha value is -3.57. The van der Waals surface area contributed by atoms with Crippen molar-refractivity contribution in [3.63, 3.8) is 0 Å². The molecule has 3 aromatic rings. The highest BCUT2D eigenvalue weighted by molar-refractivity contribution is 6.46. The molecule has 1 fully saturated rings. The van der Waals surface area contributed by atoms with Gasteiger partial charge in [0, 0.05) is 17.1 Å². The number of aromatic hydroxyl groups is 1. The molecule has 0 radical (unpaired) electrons. The van der Waals surface area contributed by atoms with Gasteiger partial charge in [0.05, 0.1) is 11.6 Å². The maximum Gasteiger partial charge on any atom is 0.295 e. The number of phenols is 1. The smallest absolute Gasteiger partial charge is 0.295 e. The Bertz CT molecular complexity index is 1160. The quantitative estimate of drug-likeness (QED) is 0.347. The van der Waals surface area contributed by atoms with Crippen LogP contribution in [0, 0.1) is 0 Å². The molecule has 0 bridgehead atoms. The number of carbonyl (C=O) groups is 2. The Morgan fingerprint density at radius 3 is 2.32 bits per heavy atom. The minimum absolute atomic E-state index is 0.0120. The Labute approximate surface area is 184 Å². The Morgan fingerprint density at radius 2 is 1.65 bits per heavy atom. The topological polar surface area (TPSA) is 77.8 Å². The zero-order valence-corrected chi connectivity index (χ0v) is 17.3. The summed E-state index contributed by atoms with van der Waals surface area (Å²) < 4.78 is 0. The van der Waals surface area contributed by atoms with Crippen molar-refractivity contribution in [2.75, 3.05) is 6.54 Å². The third kappa shape index (κ3) is 4.18. The molecule has 31 heavy (non-hydrogen) atoms. The van der Waals surface area contributed by atoms with Crippen molar-refractivity contribution in [1.29, 1.82) is 0 Å². The average molecular weight is 434 g/mol. The molecule has 0 aromatic heterocycles. The van der Waals surface area contributed by atoms with E-state index in [1.807, 2.05) is 12.1 Å². The lowest BCUT2D eigenvalue weighted by Crippen LogP contribution is -2.31. The highest BCUT2D eigenvalue weighted by Crippen LogP contribution is 2.40. The molecular weight excluding hydrogens is 414 g/mol. The van der Waals surface area contributed by atoms with E-state index in [-0.39, 0.29) is 23.6 Å². The molecule has 1 saturated heterocycles. The first kappa shape index (κ1) is 20.7. The van der Waals surface area contributed by atoms with Gasteiger partial charge in [-0.3, -0.25) is 9.59 Å². The fraction of sp³-hybridized carbons (Fsp3) is 0.120. The number of benzene rings is 3. The number of aliphatic hydroxyl groups is 1. The number of likely N-dealkylation sites (tertiary alicyclic amines) is 1. The van der Waals surface area contributed by atoms with Crippen LogP contribution in [0.25, 0.3) is 5.76 Å². The molecule has 3 aromatic carbocycles. The van der Waals surface area contributed by atoms with Gasteiger partial charge in [-0.1, -0.05) is 66.2 Å². The molecule has 1 heterocycles. The number of carbonyl (C=O) groups excluding carboxylic acids is 2. The molecule has 5 nitrogen and oxygen atoms in total. The lowest BCUT2D eigenvalue weighted by atomic mass is 9.95. The van der Waals surface area contributed by atoms with Crippen molar-refractivity contribution in [2.45, 2.75) is 12.5 Å². The van der Waals surface area contributed by atoms with E-state index in [4.69, 9.17) is 11.6 Å². The number of Topliss-reactive ketones (excluding diaryl/α,β-unsaturated/α-hetero) is 1. The normalized spacial score (nSPS) is 17.8. The van der Waals surface area contributed by atoms with E-state index in [2.05, 4.69) is 0 Å². The van der Waals surface area contributed by atoms with Crippen molar-refractivity contribution in [3.05, 3.63) is 106 Å². The minimum atomic E-state index is -0.806. The van der Waals surface area contributed by atoms with Crippen molar-refractivity contribution in [2.24, 2.45) is 0 Å². The number of amides is 1. The highest BCUT2D eigenvalue weighted by Gasteiger charge is 2.45. The molecule has 0 saturated carbocycles.